The Morgan fingerprint density at radius 3 is 2.35 bits per heavy atom. The fourth-order valence-electron chi connectivity index (χ4n) is 2.40. The molecule has 0 unspecified atom stereocenters. The van der Waals surface area contributed by atoms with Crippen LogP contribution in [0.25, 0.3) is 0 Å². The van der Waals surface area contributed by atoms with E-state index in [2.05, 4.69) is 5.32 Å². The molecule has 5 nitrogen and oxygen atoms in total. The second kappa shape index (κ2) is 5.63. The molecule has 108 valence electrons. The molecule has 0 radical (unpaired) electrons. The molecule has 0 saturated heterocycles. The predicted octanol–water partition coefficient (Wildman–Crippen LogP) is 0.886. The first kappa shape index (κ1) is 14.5. The smallest absolute Gasteiger partial charge is 0.251 e. The van der Waals surface area contributed by atoms with Crippen molar-refractivity contribution in [2.75, 3.05) is 14.1 Å². The van der Waals surface area contributed by atoms with Crippen LogP contribution >= 0.6 is 0 Å². The summed E-state index contributed by atoms with van der Waals surface area (Å²) in [5, 5.41) is 2.57. The van der Waals surface area contributed by atoms with Crippen molar-refractivity contribution < 1.29 is 9.59 Å². The van der Waals surface area contributed by atoms with E-state index in [0.717, 1.165) is 24.8 Å². The number of likely N-dealkylation sites (N-methyl/N-ethyl adjacent to an activating group) is 1. The van der Waals surface area contributed by atoms with Gasteiger partial charge in [-0.15, -0.1) is 0 Å². The Morgan fingerprint density at radius 1 is 1.30 bits per heavy atom. The lowest BCUT2D eigenvalue weighted by Gasteiger charge is -2.39. The average Bonchev–Trinajstić information content (AvgIpc) is 2.43. The Morgan fingerprint density at radius 2 is 1.90 bits per heavy atom. The first-order valence-electron chi connectivity index (χ1n) is 6.82. The molecule has 0 heterocycles. The number of hydrogen-bond acceptors (Lipinski definition) is 3. The van der Waals surface area contributed by atoms with E-state index in [1.54, 1.807) is 31.1 Å². The van der Waals surface area contributed by atoms with Crippen LogP contribution in [-0.4, -0.2) is 36.3 Å². The third-order valence-electron chi connectivity index (χ3n) is 3.88. The highest BCUT2D eigenvalue weighted by atomic mass is 16.2. The van der Waals surface area contributed by atoms with E-state index in [1.807, 2.05) is 12.1 Å². The summed E-state index contributed by atoms with van der Waals surface area (Å²) in [5.74, 6) is -0.115. The monoisotopic (exact) mass is 275 g/mol. The largest absolute Gasteiger partial charge is 0.355 e. The number of carbonyl (C=O) groups is 2. The van der Waals surface area contributed by atoms with E-state index in [-0.39, 0.29) is 11.8 Å². The summed E-state index contributed by atoms with van der Waals surface area (Å²) in [5.41, 5.74) is 6.98. The van der Waals surface area contributed by atoms with E-state index in [4.69, 9.17) is 5.73 Å². The molecule has 1 aliphatic carbocycles. The topological polar surface area (TPSA) is 75.4 Å². The highest BCUT2D eigenvalue weighted by molar-refractivity contribution is 5.94. The summed E-state index contributed by atoms with van der Waals surface area (Å²) in [6.07, 6.45) is 2.56. The number of nitrogens with two attached hydrogens (primary N) is 1. The lowest BCUT2D eigenvalue weighted by molar-refractivity contribution is -0.139. The summed E-state index contributed by atoms with van der Waals surface area (Å²) >= 11 is 0. The van der Waals surface area contributed by atoms with Gasteiger partial charge in [0.1, 0.15) is 0 Å². The van der Waals surface area contributed by atoms with E-state index < -0.39 is 5.54 Å². The molecule has 2 amide bonds. The number of carbonyl (C=O) groups excluding carboxylic acids is 2. The quantitative estimate of drug-likeness (QED) is 0.856. The molecule has 0 aromatic heterocycles. The first-order valence-corrected chi connectivity index (χ1v) is 6.82. The SMILES string of the molecule is CNC(=O)c1ccc(CN(C)C(=O)C2(N)CCC2)cc1. The normalized spacial score (nSPS) is 16.1. The molecular formula is C15H21N3O2. The lowest BCUT2D eigenvalue weighted by atomic mass is 9.76. The Hall–Kier alpha value is -1.88. The third-order valence-corrected chi connectivity index (χ3v) is 3.88. The maximum Gasteiger partial charge on any atom is 0.251 e. The van der Waals surface area contributed by atoms with Gasteiger partial charge in [0.15, 0.2) is 0 Å². The highest BCUT2D eigenvalue weighted by Crippen LogP contribution is 2.30. The molecule has 5 heteroatoms. The molecule has 0 aliphatic heterocycles. The second-order valence-corrected chi connectivity index (χ2v) is 5.45. The molecule has 1 aliphatic rings. The Kier molecular flexibility index (Phi) is 4.09. The van der Waals surface area contributed by atoms with Crippen LogP contribution in [0, 0.1) is 0 Å². The molecule has 1 aromatic rings. The molecular weight excluding hydrogens is 254 g/mol. The van der Waals surface area contributed by atoms with Crippen molar-refractivity contribution in [2.24, 2.45) is 5.73 Å². The summed E-state index contributed by atoms with van der Waals surface area (Å²) in [6.45, 7) is 0.506. The molecule has 1 saturated carbocycles. The Labute approximate surface area is 119 Å². The van der Waals surface area contributed by atoms with Crippen LogP contribution in [0.15, 0.2) is 24.3 Å². The summed E-state index contributed by atoms with van der Waals surface area (Å²) < 4.78 is 0. The van der Waals surface area contributed by atoms with Crippen molar-refractivity contribution in [3.05, 3.63) is 35.4 Å². The van der Waals surface area contributed by atoms with Gasteiger partial charge in [-0.25, -0.2) is 0 Å². The molecule has 2 rings (SSSR count). The van der Waals surface area contributed by atoms with Gasteiger partial charge in [0.2, 0.25) is 5.91 Å². The number of amides is 2. The number of benzene rings is 1. The van der Waals surface area contributed by atoms with Crippen molar-refractivity contribution in [3.63, 3.8) is 0 Å². The third kappa shape index (κ3) is 2.82. The minimum atomic E-state index is -0.656. The van der Waals surface area contributed by atoms with Crippen LogP contribution in [-0.2, 0) is 11.3 Å². The molecule has 1 aromatic carbocycles. The Bertz CT molecular complexity index is 506. The predicted molar refractivity (Wildman–Crippen MR) is 77.1 cm³/mol. The minimum Gasteiger partial charge on any atom is -0.355 e. The van der Waals surface area contributed by atoms with Gasteiger partial charge in [0.05, 0.1) is 5.54 Å². The first-order chi connectivity index (χ1) is 9.46. The van der Waals surface area contributed by atoms with Crippen LogP contribution in [0.1, 0.15) is 35.2 Å². The van der Waals surface area contributed by atoms with Crippen LogP contribution in [0.4, 0.5) is 0 Å². The Balaban J connectivity index is 1.99. The van der Waals surface area contributed by atoms with Gasteiger partial charge in [-0.1, -0.05) is 12.1 Å². The van der Waals surface area contributed by atoms with Crippen molar-refractivity contribution >= 4 is 11.8 Å². The van der Waals surface area contributed by atoms with Gasteiger partial charge < -0.3 is 16.0 Å². The summed E-state index contributed by atoms with van der Waals surface area (Å²) in [4.78, 5) is 25.3. The van der Waals surface area contributed by atoms with Crippen LogP contribution < -0.4 is 11.1 Å². The van der Waals surface area contributed by atoms with Crippen molar-refractivity contribution in [1.82, 2.24) is 10.2 Å². The summed E-state index contributed by atoms with van der Waals surface area (Å²) in [6, 6.07) is 7.23. The van der Waals surface area contributed by atoms with Gasteiger partial charge in [-0.3, -0.25) is 9.59 Å². The maximum absolute atomic E-state index is 12.2. The van der Waals surface area contributed by atoms with Gasteiger partial charge in [0, 0.05) is 26.2 Å². The molecule has 1 fully saturated rings. The van der Waals surface area contributed by atoms with Crippen molar-refractivity contribution in [2.45, 2.75) is 31.3 Å². The standard InChI is InChI=1S/C15H21N3O2/c1-17-13(19)12-6-4-11(5-7-12)10-18(2)14(20)15(16)8-3-9-15/h4-7H,3,8-10,16H2,1-2H3,(H,17,19). The van der Waals surface area contributed by atoms with E-state index >= 15 is 0 Å². The van der Waals surface area contributed by atoms with Gasteiger partial charge in [-0.05, 0) is 37.0 Å². The van der Waals surface area contributed by atoms with Crippen molar-refractivity contribution in [3.8, 4) is 0 Å². The van der Waals surface area contributed by atoms with Gasteiger partial charge >= 0.3 is 0 Å². The fourth-order valence-corrected chi connectivity index (χ4v) is 2.40. The molecule has 0 bridgehead atoms. The second-order valence-electron chi connectivity index (χ2n) is 5.45. The van der Waals surface area contributed by atoms with E-state index in [1.165, 1.54) is 0 Å². The average molecular weight is 275 g/mol. The molecule has 20 heavy (non-hydrogen) atoms. The van der Waals surface area contributed by atoms with Crippen LogP contribution in [0.2, 0.25) is 0 Å². The van der Waals surface area contributed by atoms with E-state index in [9.17, 15) is 9.59 Å². The highest BCUT2D eigenvalue weighted by Gasteiger charge is 2.41. The van der Waals surface area contributed by atoms with Crippen LogP contribution in [0.3, 0.4) is 0 Å². The van der Waals surface area contributed by atoms with Crippen molar-refractivity contribution in [1.29, 1.82) is 0 Å². The maximum atomic E-state index is 12.2. The summed E-state index contributed by atoms with van der Waals surface area (Å²) in [7, 11) is 3.37. The van der Waals surface area contributed by atoms with E-state index in [0.29, 0.717) is 12.1 Å². The number of rotatable bonds is 4. The zero-order valence-electron chi connectivity index (χ0n) is 12.0. The number of nitrogens with one attached hydrogen (secondary N) is 1. The lowest BCUT2D eigenvalue weighted by Crippen LogP contribution is -2.58. The van der Waals surface area contributed by atoms with Crippen LogP contribution in [0.5, 0.6) is 0 Å². The molecule has 0 atom stereocenters. The number of nitrogens with zero attached hydrogens (tertiary/aromatic N) is 1. The fraction of sp³-hybridized carbons (Fsp3) is 0.467. The molecule has 3 N–H and O–H groups in total. The zero-order valence-corrected chi connectivity index (χ0v) is 12.0. The van der Waals surface area contributed by atoms with Gasteiger partial charge in [-0.2, -0.15) is 0 Å². The minimum absolute atomic E-state index is 0.000808. The molecule has 0 spiro atoms. The number of hydrogen-bond donors (Lipinski definition) is 2. The van der Waals surface area contributed by atoms with Gasteiger partial charge in [0.25, 0.3) is 5.91 Å². The zero-order chi connectivity index (χ0) is 14.8.